The van der Waals surface area contributed by atoms with E-state index in [1.165, 1.54) is 12.1 Å². The van der Waals surface area contributed by atoms with Crippen LogP contribution in [0.3, 0.4) is 0 Å². The summed E-state index contributed by atoms with van der Waals surface area (Å²) in [5.41, 5.74) is 1.42. The summed E-state index contributed by atoms with van der Waals surface area (Å²) in [4.78, 5) is 12.4. The molecule has 1 aliphatic heterocycles. The molecule has 3 rings (SSSR count). The number of hydrogen-bond donors (Lipinski definition) is 3. The molecular formula is C18H21Cl2N3O3S. The van der Waals surface area contributed by atoms with Crippen LogP contribution in [-0.2, 0) is 14.8 Å². The van der Waals surface area contributed by atoms with Gasteiger partial charge in [-0.1, -0.05) is 23.7 Å². The molecule has 0 saturated carbocycles. The minimum Gasteiger partial charge on any atom is -0.326 e. The average molecular weight is 430 g/mol. The highest BCUT2D eigenvalue weighted by Crippen LogP contribution is 2.25. The minimum absolute atomic E-state index is 0. The molecule has 0 aliphatic carbocycles. The maximum Gasteiger partial charge on any atom is 0.262 e. The van der Waals surface area contributed by atoms with Crippen LogP contribution < -0.4 is 15.4 Å². The second-order valence-corrected chi connectivity index (χ2v) is 8.36. The molecule has 2 aromatic carbocycles. The van der Waals surface area contributed by atoms with Gasteiger partial charge in [-0.15, -0.1) is 12.4 Å². The lowest BCUT2D eigenvalue weighted by atomic mass is 10.1. The number of hydrogen-bond acceptors (Lipinski definition) is 4. The summed E-state index contributed by atoms with van der Waals surface area (Å²) in [6.45, 7) is 3.16. The Morgan fingerprint density at radius 2 is 1.96 bits per heavy atom. The highest BCUT2D eigenvalue weighted by atomic mass is 35.5. The molecule has 9 heteroatoms. The van der Waals surface area contributed by atoms with Gasteiger partial charge < -0.3 is 10.6 Å². The number of rotatable bonds is 5. The van der Waals surface area contributed by atoms with Crippen molar-refractivity contribution in [3.63, 3.8) is 0 Å². The molecule has 0 aromatic heterocycles. The van der Waals surface area contributed by atoms with Crippen LogP contribution in [0, 0.1) is 12.8 Å². The zero-order valence-corrected chi connectivity index (χ0v) is 17.0. The molecule has 0 radical (unpaired) electrons. The van der Waals surface area contributed by atoms with Gasteiger partial charge >= 0.3 is 0 Å². The molecule has 1 amide bonds. The molecule has 1 saturated heterocycles. The van der Waals surface area contributed by atoms with E-state index in [2.05, 4.69) is 15.4 Å². The summed E-state index contributed by atoms with van der Waals surface area (Å²) >= 11 is 5.91. The molecule has 1 aliphatic rings. The van der Waals surface area contributed by atoms with E-state index in [-0.39, 0.29) is 29.1 Å². The Kier molecular flexibility index (Phi) is 7.11. The van der Waals surface area contributed by atoms with Gasteiger partial charge in [-0.3, -0.25) is 9.52 Å². The Labute approximate surface area is 170 Å². The van der Waals surface area contributed by atoms with Gasteiger partial charge in [0, 0.05) is 17.3 Å². The topological polar surface area (TPSA) is 87.3 Å². The molecule has 27 heavy (non-hydrogen) atoms. The van der Waals surface area contributed by atoms with Crippen molar-refractivity contribution >= 4 is 51.3 Å². The standard InChI is InChI=1S/C18H20ClN3O3S.ClH/c1-12-5-6-15(21-18(23)13-7-8-20-11-13)10-17(12)26(24,25)22-16-4-2-3-14(19)9-16;/h2-6,9-10,13,20,22H,7-8,11H2,1H3,(H,21,23);1H. The number of aryl methyl sites for hydroxylation is 1. The summed E-state index contributed by atoms with van der Waals surface area (Å²) in [6.07, 6.45) is 0.777. The van der Waals surface area contributed by atoms with Crippen LogP contribution in [0.2, 0.25) is 5.02 Å². The molecule has 2 aromatic rings. The molecule has 1 atom stereocenters. The van der Waals surface area contributed by atoms with Crippen LogP contribution in [-0.4, -0.2) is 27.4 Å². The monoisotopic (exact) mass is 429 g/mol. The summed E-state index contributed by atoms with van der Waals surface area (Å²) in [5.74, 6) is -0.203. The van der Waals surface area contributed by atoms with Crippen molar-refractivity contribution in [2.75, 3.05) is 23.1 Å². The number of carbonyl (C=O) groups is 1. The normalized spacial score (nSPS) is 16.4. The second-order valence-electron chi connectivity index (χ2n) is 6.28. The van der Waals surface area contributed by atoms with E-state index in [4.69, 9.17) is 11.6 Å². The third kappa shape index (κ3) is 5.35. The van der Waals surface area contributed by atoms with Gasteiger partial charge in [0.05, 0.1) is 16.5 Å². The van der Waals surface area contributed by atoms with E-state index in [9.17, 15) is 13.2 Å². The van der Waals surface area contributed by atoms with E-state index in [1.807, 2.05) is 0 Å². The highest BCUT2D eigenvalue weighted by Gasteiger charge is 2.23. The molecule has 146 valence electrons. The van der Waals surface area contributed by atoms with Gasteiger partial charge in [0.15, 0.2) is 0 Å². The molecule has 1 unspecified atom stereocenters. The van der Waals surface area contributed by atoms with Gasteiger partial charge in [0.25, 0.3) is 10.0 Å². The smallest absolute Gasteiger partial charge is 0.262 e. The molecule has 0 bridgehead atoms. The number of nitrogens with one attached hydrogen (secondary N) is 3. The quantitative estimate of drug-likeness (QED) is 0.679. The van der Waals surface area contributed by atoms with Crippen molar-refractivity contribution in [1.82, 2.24) is 5.32 Å². The van der Waals surface area contributed by atoms with E-state index in [1.54, 1.807) is 37.3 Å². The Balaban J connectivity index is 0.00000261. The molecule has 6 nitrogen and oxygen atoms in total. The van der Waals surface area contributed by atoms with Gasteiger partial charge in [0.1, 0.15) is 0 Å². The molecule has 1 fully saturated rings. The molecule has 0 spiro atoms. The maximum absolute atomic E-state index is 12.8. The average Bonchev–Trinajstić information content (AvgIpc) is 3.10. The predicted molar refractivity (Wildman–Crippen MR) is 110 cm³/mol. The maximum atomic E-state index is 12.8. The predicted octanol–water partition coefficient (Wildman–Crippen LogP) is 3.42. The van der Waals surface area contributed by atoms with Crippen LogP contribution in [0.5, 0.6) is 0 Å². The number of amides is 1. The minimum atomic E-state index is -3.81. The molecule has 3 N–H and O–H groups in total. The van der Waals surface area contributed by atoms with Crippen LogP contribution in [0.25, 0.3) is 0 Å². The Hall–Kier alpha value is -1.80. The zero-order chi connectivity index (χ0) is 18.7. The fraction of sp³-hybridized carbons (Fsp3) is 0.278. The van der Waals surface area contributed by atoms with E-state index in [0.29, 0.717) is 28.5 Å². The number of halogens is 2. The van der Waals surface area contributed by atoms with Crippen LogP contribution in [0.4, 0.5) is 11.4 Å². The number of benzene rings is 2. The first-order chi connectivity index (χ1) is 12.3. The van der Waals surface area contributed by atoms with Crippen molar-refractivity contribution in [2.45, 2.75) is 18.2 Å². The molecule has 1 heterocycles. The van der Waals surface area contributed by atoms with Gasteiger partial charge in [-0.25, -0.2) is 8.42 Å². The van der Waals surface area contributed by atoms with Crippen molar-refractivity contribution in [3.8, 4) is 0 Å². The third-order valence-corrected chi connectivity index (χ3v) is 6.01. The van der Waals surface area contributed by atoms with Crippen LogP contribution in [0.1, 0.15) is 12.0 Å². The van der Waals surface area contributed by atoms with Crippen LogP contribution >= 0.6 is 24.0 Å². The largest absolute Gasteiger partial charge is 0.326 e. The van der Waals surface area contributed by atoms with Gasteiger partial charge in [-0.05, 0) is 55.8 Å². The van der Waals surface area contributed by atoms with E-state index >= 15 is 0 Å². The second kappa shape index (κ2) is 8.93. The van der Waals surface area contributed by atoms with Crippen molar-refractivity contribution in [1.29, 1.82) is 0 Å². The van der Waals surface area contributed by atoms with Crippen LogP contribution in [0.15, 0.2) is 47.4 Å². The fourth-order valence-corrected chi connectivity index (χ4v) is 4.36. The first kappa shape index (κ1) is 21.5. The third-order valence-electron chi connectivity index (χ3n) is 4.25. The van der Waals surface area contributed by atoms with Crippen molar-refractivity contribution in [2.24, 2.45) is 5.92 Å². The summed E-state index contributed by atoms with van der Waals surface area (Å²) in [6, 6.07) is 11.3. The van der Waals surface area contributed by atoms with Crippen molar-refractivity contribution in [3.05, 3.63) is 53.1 Å². The summed E-state index contributed by atoms with van der Waals surface area (Å²) in [7, 11) is -3.81. The first-order valence-electron chi connectivity index (χ1n) is 8.26. The lowest BCUT2D eigenvalue weighted by Gasteiger charge is -2.14. The lowest BCUT2D eigenvalue weighted by Crippen LogP contribution is -2.24. The number of anilines is 2. The van der Waals surface area contributed by atoms with Gasteiger partial charge in [0.2, 0.25) is 5.91 Å². The van der Waals surface area contributed by atoms with E-state index in [0.717, 1.165) is 13.0 Å². The van der Waals surface area contributed by atoms with E-state index < -0.39 is 10.0 Å². The lowest BCUT2D eigenvalue weighted by molar-refractivity contribution is -0.119. The highest BCUT2D eigenvalue weighted by molar-refractivity contribution is 7.92. The first-order valence-corrected chi connectivity index (χ1v) is 10.1. The fourth-order valence-electron chi connectivity index (χ4n) is 2.85. The Morgan fingerprint density at radius 1 is 1.19 bits per heavy atom. The SMILES string of the molecule is Cc1ccc(NC(=O)C2CCNC2)cc1S(=O)(=O)Nc1cccc(Cl)c1.Cl. The number of carbonyl (C=O) groups excluding carboxylic acids is 1. The zero-order valence-electron chi connectivity index (χ0n) is 14.7. The molecular weight excluding hydrogens is 409 g/mol. The Morgan fingerprint density at radius 3 is 2.63 bits per heavy atom. The number of sulfonamides is 1. The summed E-state index contributed by atoms with van der Waals surface area (Å²) < 4.78 is 28.0. The van der Waals surface area contributed by atoms with Gasteiger partial charge in [-0.2, -0.15) is 0 Å². The van der Waals surface area contributed by atoms with Crippen molar-refractivity contribution < 1.29 is 13.2 Å². The Bertz CT molecular complexity index is 929. The summed E-state index contributed by atoms with van der Waals surface area (Å²) in [5, 5.41) is 6.38.